The zero-order valence-electron chi connectivity index (χ0n) is 11.3. The van der Waals surface area contributed by atoms with Crippen molar-refractivity contribution in [3.63, 3.8) is 0 Å². The van der Waals surface area contributed by atoms with Gasteiger partial charge in [-0.05, 0) is 20.3 Å². The highest BCUT2D eigenvalue weighted by atomic mass is 35.5. The summed E-state index contributed by atoms with van der Waals surface area (Å²) in [5, 5.41) is 9.23. The van der Waals surface area contributed by atoms with Crippen molar-refractivity contribution in [2.45, 2.75) is 44.5 Å². The van der Waals surface area contributed by atoms with E-state index in [1.165, 1.54) is 0 Å². The van der Waals surface area contributed by atoms with Crippen LogP contribution in [0.4, 0.5) is 0 Å². The molecule has 112 valence electrons. The van der Waals surface area contributed by atoms with Crippen molar-refractivity contribution in [1.82, 2.24) is 10.2 Å². The van der Waals surface area contributed by atoms with Gasteiger partial charge in [-0.2, -0.15) is 5.10 Å². The van der Waals surface area contributed by atoms with E-state index in [1.54, 1.807) is 20.8 Å². The van der Waals surface area contributed by atoms with E-state index in [4.69, 9.17) is 28.0 Å². The van der Waals surface area contributed by atoms with Crippen LogP contribution in [0.2, 0.25) is 10.3 Å². The van der Waals surface area contributed by atoms with E-state index < -0.39 is 20.7 Å². The molecule has 0 amide bonds. The smallest absolute Gasteiger partial charge is 0.202 e. The van der Waals surface area contributed by atoms with Crippen LogP contribution in [0, 0.1) is 0 Å². The molecule has 0 aliphatic carbocycles. The molecule has 9 heteroatoms. The van der Waals surface area contributed by atoms with Crippen LogP contribution >= 0.6 is 23.2 Å². The zero-order chi connectivity index (χ0) is 15.1. The monoisotopic (exact) mass is 339 g/mol. The van der Waals surface area contributed by atoms with Gasteiger partial charge in [0, 0.05) is 12.0 Å². The highest BCUT2D eigenvalue weighted by molar-refractivity contribution is 8.06. The van der Waals surface area contributed by atoms with Crippen molar-refractivity contribution >= 4 is 38.1 Å². The number of nitrogens with one attached hydrogen (secondary N) is 1. The summed E-state index contributed by atoms with van der Waals surface area (Å²) in [4.78, 5) is 5.13. The molecule has 6 nitrogen and oxygen atoms in total. The maximum absolute atomic E-state index is 12.7. The summed E-state index contributed by atoms with van der Waals surface area (Å²) in [6.45, 7) is 5.29. The second kappa shape index (κ2) is 5.20. The van der Waals surface area contributed by atoms with Gasteiger partial charge in [0.15, 0.2) is 10.2 Å². The largest absolute Gasteiger partial charge is 0.389 e. The number of H-pyrrole nitrogens is 1. The van der Waals surface area contributed by atoms with Crippen LogP contribution in [0.15, 0.2) is 5.16 Å². The molecule has 1 unspecified atom stereocenters. The van der Waals surface area contributed by atoms with Gasteiger partial charge in [0.25, 0.3) is 0 Å². The summed E-state index contributed by atoms with van der Waals surface area (Å²) in [6.07, 6.45) is 0.527. The molecule has 20 heavy (non-hydrogen) atoms. The molecule has 1 aromatic heterocycles. The molecule has 2 heterocycles. The maximum atomic E-state index is 12.7. The Balaban J connectivity index is 2.42. The number of aromatic amines is 1. The Morgan fingerprint density at radius 1 is 1.45 bits per heavy atom. The summed E-state index contributed by atoms with van der Waals surface area (Å²) in [6, 6.07) is 0. The summed E-state index contributed by atoms with van der Waals surface area (Å²) in [7, 11) is -3.69. The van der Waals surface area contributed by atoms with Crippen LogP contribution in [0.25, 0.3) is 0 Å². The van der Waals surface area contributed by atoms with Crippen molar-refractivity contribution in [3.05, 3.63) is 15.9 Å². The van der Waals surface area contributed by atoms with E-state index in [0.29, 0.717) is 6.42 Å². The predicted molar refractivity (Wildman–Crippen MR) is 77.8 cm³/mol. The van der Waals surface area contributed by atoms with Crippen molar-refractivity contribution in [3.8, 4) is 0 Å². The summed E-state index contributed by atoms with van der Waals surface area (Å²) >= 11 is 11.9. The Morgan fingerprint density at radius 2 is 2.10 bits per heavy atom. The topological polar surface area (TPSA) is 84.4 Å². The SMILES string of the molecule is CCC(c1c(Cl)n[nH]c1Cl)S(=O)(=O)C1=NOC(C)(C)C1. The second-order valence-corrected chi connectivity index (χ2v) is 8.06. The first-order chi connectivity index (χ1) is 9.19. The van der Waals surface area contributed by atoms with E-state index >= 15 is 0 Å². The predicted octanol–water partition coefficient (Wildman–Crippen LogP) is 3.09. The van der Waals surface area contributed by atoms with Gasteiger partial charge in [-0.25, -0.2) is 8.42 Å². The van der Waals surface area contributed by atoms with E-state index in [9.17, 15) is 8.42 Å². The molecule has 1 N–H and O–H groups in total. The molecule has 0 radical (unpaired) electrons. The van der Waals surface area contributed by atoms with Crippen LogP contribution in [0.1, 0.15) is 44.4 Å². The van der Waals surface area contributed by atoms with Gasteiger partial charge in [-0.1, -0.05) is 35.3 Å². The Labute approximate surface area is 127 Å². The number of nitrogens with zero attached hydrogens (tertiary/aromatic N) is 2. The third-order valence-corrected chi connectivity index (χ3v) is 5.85. The molecular formula is C11H15Cl2N3O3S. The van der Waals surface area contributed by atoms with Gasteiger partial charge in [-0.15, -0.1) is 0 Å². The first-order valence-electron chi connectivity index (χ1n) is 6.07. The number of oxime groups is 1. The Bertz CT molecular complexity index is 632. The molecule has 0 aromatic carbocycles. The fraction of sp³-hybridized carbons (Fsp3) is 0.636. The lowest BCUT2D eigenvalue weighted by Gasteiger charge is -2.16. The first kappa shape index (κ1) is 15.6. The quantitative estimate of drug-likeness (QED) is 0.916. The van der Waals surface area contributed by atoms with Crippen molar-refractivity contribution in [2.75, 3.05) is 0 Å². The fourth-order valence-corrected chi connectivity index (χ4v) is 4.79. The van der Waals surface area contributed by atoms with E-state index in [2.05, 4.69) is 15.4 Å². The summed E-state index contributed by atoms with van der Waals surface area (Å²) in [5.41, 5.74) is -0.340. The van der Waals surface area contributed by atoms with Crippen LogP contribution in [0.3, 0.4) is 0 Å². The number of hydrogen-bond donors (Lipinski definition) is 1. The van der Waals surface area contributed by atoms with Gasteiger partial charge >= 0.3 is 0 Å². The van der Waals surface area contributed by atoms with Crippen LogP contribution < -0.4 is 0 Å². The average molecular weight is 340 g/mol. The minimum Gasteiger partial charge on any atom is -0.389 e. The standard InChI is InChI=1S/C11H15Cl2N3O3S/c1-4-6(8-9(12)14-15-10(8)13)20(17,18)7-5-11(2,3)19-16-7/h6H,4-5H2,1-3H3,(H,14,15). The van der Waals surface area contributed by atoms with Gasteiger partial charge in [0.05, 0.1) is 5.25 Å². The maximum Gasteiger partial charge on any atom is 0.202 e. The Morgan fingerprint density at radius 3 is 2.50 bits per heavy atom. The molecule has 1 aromatic rings. The third-order valence-electron chi connectivity index (χ3n) is 3.08. The van der Waals surface area contributed by atoms with Crippen molar-refractivity contribution in [1.29, 1.82) is 0 Å². The Hall–Kier alpha value is -0.790. The van der Waals surface area contributed by atoms with Crippen LogP contribution in [0.5, 0.6) is 0 Å². The minimum atomic E-state index is -3.69. The average Bonchev–Trinajstić information content (AvgIpc) is 2.86. The lowest BCUT2D eigenvalue weighted by molar-refractivity contribution is 0.0123. The van der Waals surface area contributed by atoms with E-state index in [1.807, 2.05) is 0 Å². The summed E-state index contributed by atoms with van der Waals surface area (Å²) < 4.78 is 25.4. The molecular weight excluding hydrogens is 325 g/mol. The van der Waals surface area contributed by atoms with Gasteiger partial charge in [0.2, 0.25) is 9.84 Å². The fourth-order valence-electron chi connectivity index (χ4n) is 2.08. The molecule has 0 spiro atoms. The zero-order valence-corrected chi connectivity index (χ0v) is 13.6. The highest BCUT2D eigenvalue weighted by Gasteiger charge is 2.41. The molecule has 0 fully saturated rings. The lowest BCUT2D eigenvalue weighted by atomic mass is 10.1. The molecule has 1 atom stereocenters. The molecule has 0 saturated carbocycles. The Kier molecular flexibility index (Phi) is 4.05. The van der Waals surface area contributed by atoms with E-state index in [-0.39, 0.29) is 27.3 Å². The van der Waals surface area contributed by atoms with E-state index in [0.717, 1.165) is 0 Å². The van der Waals surface area contributed by atoms with Crippen LogP contribution in [-0.4, -0.2) is 29.3 Å². The first-order valence-corrected chi connectivity index (χ1v) is 8.37. The van der Waals surface area contributed by atoms with Crippen molar-refractivity contribution < 1.29 is 13.3 Å². The van der Waals surface area contributed by atoms with Gasteiger partial charge in [0.1, 0.15) is 10.8 Å². The van der Waals surface area contributed by atoms with Gasteiger partial charge in [-0.3, -0.25) is 5.10 Å². The number of aromatic nitrogens is 2. The molecule has 1 aliphatic rings. The van der Waals surface area contributed by atoms with Crippen LogP contribution in [-0.2, 0) is 14.7 Å². The number of sulfone groups is 1. The molecule has 0 saturated heterocycles. The lowest BCUT2D eigenvalue weighted by Crippen LogP contribution is -2.26. The number of hydrogen-bond acceptors (Lipinski definition) is 5. The normalized spacial score (nSPS) is 19.6. The summed E-state index contributed by atoms with van der Waals surface area (Å²) in [5.74, 6) is 0. The third kappa shape index (κ3) is 2.66. The highest BCUT2D eigenvalue weighted by Crippen LogP contribution is 2.38. The second-order valence-electron chi connectivity index (χ2n) is 5.20. The number of halogens is 2. The molecule has 1 aliphatic heterocycles. The molecule has 2 rings (SSSR count). The minimum absolute atomic E-state index is 0.0164. The van der Waals surface area contributed by atoms with Crippen molar-refractivity contribution in [2.24, 2.45) is 5.16 Å². The molecule has 0 bridgehead atoms. The van der Waals surface area contributed by atoms with Gasteiger partial charge < -0.3 is 4.84 Å². The number of rotatable bonds is 3.